The summed E-state index contributed by atoms with van der Waals surface area (Å²) in [6.07, 6.45) is 0.731. The van der Waals surface area contributed by atoms with Crippen molar-refractivity contribution in [2.24, 2.45) is 20.0 Å². The molecule has 1 heterocycles. The Hall–Kier alpha value is -2.41. The molecular formula is C18H24N4O3. The third-order valence-corrected chi connectivity index (χ3v) is 4.99. The summed E-state index contributed by atoms with van der Waals surface area (Å²) in [6.45, 7) is 2.35. The van der Waals surface area contributed by atoms with Crippen molar-refractivity contribution >= 4 is 5.91 Å². The molecule has 25 heavy (non-hydrogen) atoms. The Morgan fingerprint density at radius 3 is 2.76 bits per heavy atom. The van der Waals surface area contributed by atoms with Gasteiger partial charge in [-0.3, -0.25) is 9.36 Å². The highest BCUT2D eigenvalue weighted by atomic mass is 16.3. The standard InChI is InChI=1S/C18H24N4O3/c1-11-5-4-6-12(7-11)17(24)19-10-14-8-13(9-15(14)23)16-20-22(3)18(25)21(16)2/h4-7,13-15,23H,8-10H2,1-3H3,(H,19,24)/t13-,14+,15+/m0/s1. The van der Waals surface area contributed by atoms with Gasteiger partial charge in [-0.15, -0.1) is 0 Å². The Morgan fingerprint density at radius 2 is 2.12 bits per heavy atom. The molecule has 0 aliphatic heterocycles. The van der Waals surface area contributed by atoms with E-state index in [2.05, 4.69) is 10.4 Å². The summed E-state index contributed by atoms with van der Waals surface area (Å²) in [5.41, 5.74) is 1.49. The van der Waals surface area contributed by atoms with Crippen molar-refractivity contribution < 1.29 is 9.90 Å². The second-order valence-electron chi connectivity index (χ2n) is 6.90. The summed E-state index contributed by atoms with van der Waals surface area (Å²) in [4.78, 5) is 24.1. The first-order valence-electron chi connectivity index (χ1n) is 8.49. The van der Waals surface area contributed by atoms with Gasteiger partial charge in [0.1, 0.15) is 5.82 Å². The van der Waals surface area contributed by atoms with Crippen molar-refractivity contribution in [2.45, 2.75) is 31.8 Å². The molecule has 1 saturated carbocycles. The molecule has 7 nitrogen and oxygen atoms in total. The van der Waals surface area contributed by atoms with Crippen LogP contribution in [0.15, 0.2) is 29.1 Å². The zero-order valence-corrected chi connectivity index (χ0v) is 14.8. The summed E-state index contributed by atoms with van der Waals surface area (Å²) >= 11 is 0. The molecule has 1 aliphatic carbocycles. The molecule has 2 N–H and O–H groups in total. The SMILES string of the molecule is Cc1cccc(C(=O)NC[C@H]2C[C@H](c3nn(C)c(=O)n3C)C[C@H]2O)c1. The molecule has 1 amide bonds. The molecule has 1 aromatic heterocycles. The van der Waals surface area contributed by atoms with Crippen molar-refractivity contribution in [2.75, 3.05) is 6.54 Å². The highest BCUT2D eigenvalue weighted by Gasteiger charge is 2.36. The second kappa shape index (κ2) is 6.84. The monoisotopic (exact) mass is 344 g/mol. The molecule has 134 valence electrons. The smallest absolute Gasteiger partial charge is 0.345 e. The minimum absolute atomic E-state index is 0.0229. The zero-order valence-electron chi connectivity index (χ0n) is 14.8. The third-order valence-electron chi connectivity index (χ3n) is 4.99. The van der Waals surface area contributed by atoms with Gasteiger partial charge >= 0.3 is 5.69 Å². The largest absolute Gasteiger partial charge is 0.393 e. The van der Waals surface area contributed by atoms with Gasteiger partial charge in [0.25, 0.3) is 5.91 Å². The summed E-state index contributed by atoms with van der Waals surface area (Å²) in [7, 11) is 3.32. The Bertz CT molecular complexity index is 839. The maximum Gasteiger partial charge on any atom is 0.345 e. The Labute approximate surface area is 146 Å². The minimum atomic E-state index is -0.514. The maximum absolute atomic E-state index is 12.3. The Balaban J connectivity index is 1.63. The van der Waals surface area contributed by atoms with Gasteiger partial charge in [0.15, 0.2) is 0 Å². The predicted molar refractivity (Wildman–Crippen MR) is 93.4 cm³/mol. The van der Waals surface area contributed by atoms with E-state index in [0.717, 1.165) is 5.56 Å². The van der Waals surface area contributed by atoms with Crippen LogP contribution in [0.25, 0.3) is 0 Å². The molecule has 0 spiro atoms. The Morgan fingerprint density at radius 1 is 1.36 bits per heavy atom. The average molecular weight is 344 g/mol. The fourth-order valence-electron chi connectivity index (χ4n) is 3.58. The van der Waals surface area contributed by atoms with Crippen LogP contribution in [0, 0.1) is 12.8 Å². The molecule has 1 fully saturated rings. The topological polar surface area (TPSA) is 89.2 Å². The van der Waals surface area contributed by atoms with Gasteiger partial charge < -0.3 is 10.4 Å². The molecule has 3 rings (SSSR count). The van der Waals surface area contributed by atoms with Crippen molar-refractivity contribution in [3.05, 3.63) is 51.7 Å². The first-order valence-corrected chi connectivity index (χ1v) is 8.49. The first kappa shape index (κ1) is 17.4. The lowest BCUT2D eigenvalue weighted by atomic mass is 10.0. The van der Waals surface area contributed by atoms with Gasteiger partial charge in [-0.25, -0.2) is 9.48 Å². The zero-order chi connectivity index (χ0) is 18.1. The summed E-state index contributed by atoms with van der Waals surface area (Å²) in [5, 5.41) is 17.5. The quantitative estimate of drug-likeness (QED) is 0.855. The molecule has 1 aromatic carbocycles. The third kappa shape index (κ3) is 3.51. The van der Waals surface area contributed by atoms with E-state index in [0.29, 0.717) is 30.8 Å². The molecule has 1 aliphatic rings. The van der Waals surface area contributed by atoms with Crippen LogP contribution in [0.5, 0.6) is 0 Å². The molecule has 0 radical (unpaired) electrons. The van der Waals surface area contributed by atoms with E-state index in [1.165, 1.54) is 9.25 Å². The van der Waals surface area contributed by atoms with Crippen molar-refractivity contribution in [3.63, 3.8) is 0 Å². The van der Waals surface area contributed by atoms with Crippen LogP contribution in [0.4, 0.5) is 0 Å². The van der Waals surface area contributed by atoms with E-state index in [9.17, 15) is 14.7 Å². The van der Waals surface area contributed by atoms with Crippen LogP contribution in [0.2, 0.25) is 0 Å². The fraction of sp³-hybridized carbons (Fsp3) is 0.500. The molecule has 2 aromatic rings. The van der Waals surface area contributed by atoms with Crippen molar-refractivity contribution in [3.8, 4) is 0 Å². The van der Waals surface area contributed by atoms with Gasteiger partial charge in [0.2, 0.25) is 0 Å². The number of aryl methyl sites for hydroxylation is 2. The first-order chi connectivity index (χ1) is 11.9. The van der Waals surface area contributed by atoms with Crippen molar-refractivity contribution in [1.29, 1.82) is 0 Å². The molecule has 0 saturated heterocycles. The highest BCUT2D eigenvalue weighted by molar-refractivity contribution is 5.94. The van der Waals surface area contributed by atoms with Gasteiger partial charge in [-0.05, 0) is 31.9 Å². The number of amides is 1. The number of aromatic nitrogens is 3. The molecule has 7 heteroatoms. The highest BCUT2D eigenvalue weighted by Crippen LogP contribution is 2.37. The number of hydrogen-bond acceptors (Lipinski definition) is 4. The van der Waals surface area contributed by atoms with E-state index in [1.54, 1.807) is 20.2 Å². The number of aliphatic hydroxyl groups is 1. The number of benzene rings is 1. The summed E-state index contributed by atoms with van der Waals surface area (Å²) in [5.74, 6) is 0.536. The van der Waals surface area contributed by atoms with E-state index < -0.39 is 6.10 Å². The number of rotatable bonds is 4. The number of carbonyl (C=O) groups excluding carboxylic acids is 1. The molecule has 0 bridgehead atoms. The lowest BCUT2D eigenvalue weighted by molar-refractivity contribution is 0.0916. The number of nitrogens with one attached hydrogen (secondary N) is 1. The molecular weight excluding hydrogens is 320 g/mol. The van der Waals surface area contributed by atoms with Crippen LogP contribution in [-0.4, -0.2) is 38.0 Å². The summed E-state index contributed by atoms with van der Waals surface area (Å²) in [6, 6.07) is 7.41. The van der Waals surface area contributed by atoms with E-state index >= 15 is 0 Å². The average Bonchev–Trinajstić information content (AvgIpc) is 3.07. The van der Waals surface area contributed by atoms with E-state index in [1.807, 2.05) is 25.1 Å². The minimum Gasteiger partial charge on any atom is -0.393 e. The van der Waals surface area contributed by atoms with E-state index in [4.69, 9.17) is 0 Å². The van der Waals surface area contributed by atoms with E-state index in [-0.39, 0.29) is 23.4 Å². The number of hydrogen-bond donors (Lipinski definition) is 2. The van der Waals surface area contributed by atoms with Gasteiger partial charge in [-0.2, -0.15) is 5.10 Å². The molecule has 0 unspecified atom stereocenters. The van der Waals surface area contributed by atoms with Crippen LogP contribution in [0.3, 0.4) is 0 Å². The maximum atomic E-state index is 12.3. The lowest BCUT2D eigenvalue weighted by Crippen LogP contribution is -2.32. The molecule has 3 atom stereocenters. The normalized spacial score (nSPS) is 23.0. The van der Waals surface area contributed by atoms with Gasteiger partial charge in [0.05, 0.1) is 6.10 Å². The van der Waals surface area contributed by atoms with Crippen LogP contribution >= 0.6 is 0 Å². The van der Waals surface area contributed by atoms with Crippen LogP contribution in [-0.2, 0) is 14.1 Å². The fourth-order valence-corrected chi connectivity index (χ4v) is 3.58. The number of nitrogens with zero attached hydrogens (tertiary/aromatic N) is 3. The van der Waals surface area contributed by atoms with Gasteiger partial charge in [0, 0.05) is 38.0 Å². The van der Waals surface area contributed by atoms with Crippen LogP contribution < -0.4 is 11.0 Å². The second-order valence-corrected chi connectivity index (χ2v) is 6.90. The predicted octanol–water partition coefficient (Wildman–Crippen LogP) is 0.712. The lowest BCUT2D eigenvalue weighted by Gasteiger charge is -2.15. The van der Waals surface area contributed by atoms with Gasteiger partial charge in [-0.1, -0.05) is 17.7 Å². The van der Waals surface area contributed by atoms with Crippen LogP contribution in [0.1, 0.15) is 40.5 Å². The number of aliphatic hydroxyl groups excluding tert-OH is 1. The Kier molecular flexibility index (Phi) is 4.76. The summed E-state index contributed by atoms with van der Waals surface area (Å²) < 4.78 is 2.85. The van der Waals surface area contributed by atoms with Crippen molar-refractivity contribution in [1.82, 2.24) is 19.7 Å². The number of carbonyl (C=O) groups is 1.